The van der Waals surface area contributed by atoms with Gasteiger partial charge in [0.1, 0.15) is 5.75 Å². The monoisotopic (exact) mass is 201 g/mol. The van der Waals surface area contributed by atoms with Gasteiger partial charge in [0.05, 0.1) is 7.11 Å². The third-order valence-corrected chi connectivity index (χ3v) is 2.74. The van der Waals surface area contributed by atoms with E-state index in [4.69, 9.17) is 4.74 Å². The molecule has 0 spiro atoms. The molecule has 1 aromatic carbocycles. The summed E-state index contributed by atoms with van der Waals surface area (Å²) in [6.07, 6.45) is 4.87. The van der Waals surface area contributed by atoms with Crippen molar-refractivity contribution in [3.8, 4) is 5.75 Å². The first-order chi connectivity index (χ1) is 7.35. The maximum atomic E-state index is 5.19. The van der Waals surface area contributed by atoms with Gasteiger partial charge in [-0.15, -0.1) is 6.58 Å². The highest BCUT2D eigenvalue weighted by Gasteiger charge is 2.16. The van der Waals surface area contributed by atoms with E-state index in [1.165, 1.54) is 11.1 Å². The molecule has 1 atom stereocenters. The van der Waals surface area contributed by atoms with Crippen molar-refractivity contribution in [1.29, 1.82) is 0 Å². The Labute approximate surface area is 90.3 Å². The molecule has 2 nitrogen and oxygen atoms in total. The summed E-state index contributed by atoms with van der Waals surface area (Å²) in [6, 6.07) is 6.18. The zero-order chi connectivity index (χ0) is 10.7. The summed E-state index contributed by atoms with van der Waals surface area (Å²) in [5.74, 6) is 1.37. The van der Waals surface area contributed by atoms with Gasteiger partial charge in [-0.3, -0.25) is 4.99 Å². The van der Waals surface area contributed by atoms with Gasteiger partial charge < -0.3 is 4.74 Å². The van der Waals surface area contributed by atoms with Crippen LogP contribution in [0.2, 0.25) is 0 Å². The van der Waals surface area contributed by atoms with Gasteiger partial charge in [-0.05, 0) is 29.7 Å². The number of benzene rings is 1. The fourth-order valence-corrected chi connectivity index (χ4v) is 1.94. The van der Waals surface area contributed by atoms with Crippen LogP contribution in [0.1, 0.15) is 23.5 Å². The van der Waals surface area contributed by atoms with E-state index in [2.05, 4.69) is 17.6 Å². The zero-order valence-electron chi connectivity index (χ0n) is 8.94. The molecule has 0 saturated heterocycles. The molecule has 1 unspecified atom stereocenters. The minimum absolute atomic E-state index is 0.480. The molecule has 0 N–H and O–H groups in total. The van der Waals surface area contributed by atoms with Crippen LogP contribution >= 0.6 is 0 Å². The maximum Gasteiger partial charge on any atom is 0.119 e. The van der Waals surface area contributed by atoms with Gasteiger partial charge in [-0.1, -0.05) is 12.1 Å². The fraction of sp³-hybridized carbons (Fsp3) is 0.308. The van der Waals surface area contributed by atoms with Gasteiger partial charge in [-0.25, -0.2) is 0 Å². The molecule has 0 bridgehead atoms. The normalized spacial score (nSPS) is 18.3. The maximum absolute atomic E-state index is 5.19. The fourth-order valence-electron chi connectivity index (χ4n) is 1.94. The summed E-state index contributed by atoms with van der Waals surface area (Å²) < 4.78 is 5.19. The Morgan fingerprint density at radius 2 is 2.47 bits per heavy atom. The van der Waals surface area contributed by atoms with E-state index in [-0.39, 0.29) is 0 Å². The molecule has 1 aliphatic rings. The Hall–Kier alpha value is -1.57. The molecular formula is C13H15NO. The average molecular weight is 201 g/mol. The second kappa shape index (κ2) is 4.30. The Morgan fingerprint density at radius 3 is 3.20 bits per heavy atom. The molecule has 1 aromatic rings. The summed E-state index contributed by atoms with van der Waals surface area (Å²) >= 11 is 0. The van der Waals surface area contributed by atoms with Crippen molar-refractivity contribution >= 4 is 6.21 Å². The van der Waals surface area contributed by atoms with E-state index in [1.807, 2.05) is 24.4 Å². The van der Waals surface area contributed by atoms with E-state index in [9.17, 15) is 0 Å². The molecular weight excluding hydrogens is 186 g/mol. The molecule has 1 aliphatic heterocycles. The van der Waals surface area contributed by atoms with Crippen molar-refractivity contribution < 1.29 is 4.74 Å². The first-order valence-corrected chi connectivity index (χ1v) is 5.14. The SMILES string of the molecule is C=CCC1CN=Cc2cc(OC)ccc21. The van der Waals surface area contributed by atoms with E-state index < -0.39 is 0 Å². The van der Waals surface area contributed by atoms with Crippen LogP contribution < -0.4 is 4.74 Å². The van der Waals surface area contributed by atoms with Gasteiger partial charge in [-0.2, -0.15) is 0 Å². The van der Waals surface area contributed by atoms with Crippen molar-refractivity contribution in [2.45, 2.75) is 12.3 Å². The Balaban J connectivity index is 2.37. The molecule has 15 heavy (non-hydrogen) atoms. The third-order valence-electron chi connectivity index (χ3n) is 2.74. The third kappa shape index (κ3) is 1.94. The number of nitrogens with zero attached hydrogens (tertiary/aromatic N) is 1. The molecule has 0 amide bonds. The topological polar surface area (TPSA) is 21.6 Å². The second-order valence-corrected chi connectivity index (χ2v) is 3.71. The van der Waals surface area contributed by atoms with Crippen molar-refractivity contribution in [1.82, 2.24) is 0 Å². The van der Waals surface area contributed by atoms with E-state index in [0.29, 0.717) is 5.92 Å². The number of rotatable bonds is 3. The number of fused-ring (bicyclic) bond motifs is 1. The van der Waals surface area contributed by atoms with Crippen molar-refractivity contribution in [3.63, 3.8) is 0 Å². The highest BCUT2D eigenvalue weighted by Crippen LogP contribution is 2.29. The van der Waals surface area contributed by atoms with Gasteiger partial charge >= 0.3 is 0 Å². The highest BCUT2D eigenvalue weighted by atomic mass is 16.5. The van der Waals surface area contributed by atoms with Crippen LogP contribution in [-0.4, -0.2) is 19.9 Å². The smallest absolute Gasteiger partial charge is 0.119 e. The van der Waals surface area contributed by atoms with E-state index >= 15 is 0 Å². The molecule has 2 heteroatoms. The van der Waals surface area contributed by atoms with Crippen LogP contribution in [-0.2, 0) is 0 Å². The summed E-state index contributed by atoms with van der Waals surface area (Å²) in [5, 5.41) is 0. The Bertz CT molecular complexity index is 396. The van der Waals surface area contributed by atoms with Crippen molar-refractivity contribution in [2.75, 3.05) is 13.7 Å². The van der Waals surface area contributed by atoms with Crippen LogP contribution in [0.4, 0.5) is 0 Å². The Kier molecular flexibility index (Phi) is 2.86. The minimum atomic E-state index is 0.480. The first-order valence-electron chi connectivity index (χ1n) is 5.14. The van der Waals surface area contributed by atoms with Crippen LogP contribution in [0.3, 0.4) is 0 Å². The van der Waals surface area contributed by atoms with Crippen LogP contribution in [0, 0.1) is 0 Å². The summed E-state index contributed by atoms with van der Waals surface area (Å²) in [4.78, 5) is 4.37. The Morgan fingerprint density at radius 1 is 1.60 bits per heavy atom. The molecule has 2 rings (SSSR count). The summed E-state index contributed by atoms with van der Waals surface area (Å²) in [6.45, 7) is 4.65. The number of aliphatic imine (C=N–C) groups is 1. The summed E-state index contributed by atoms with van der Waals surface area (Å²) in [7, 11) is 1.68. The lowest BCUT2D eigenvalue weighted by molar-refractivity contribution is 0.414. The molecule has 78 valence electrons. The number of ether oxygens (including phenoxy) is 1. The highest BCUT2D eigenvalue weighted by molar-refractivity contribution is 5.84. The molecule has 0 saturated carbocycles. The van der Waals surface area contributed by atoms with Gasteiger partial charge in [0, 0.05) is 18.7 Å². The van der Waals surface area contributed by atoms with Crippen molar-refractivity contribution in [3.05, 3.63) is 42.0 Å². The number of allylic oxidation sites excluding steroid dienone is 1. The lowest BCUT2D eigenvalue weighted by Gasteiger charge is -2.20. The van der Waals surface area contributed by atoms with E-state index in [0.717, 1.165) is 18.7 Å². The van der Waals surface area contributed by atoms with E-state index in [1.54, 1.807) is 7.11 Å². The zero-order valence-corrected chi connectivity index (χ0v) is 8.94. The van der Waals surface area contributed by atoms with Gasteiger partial charge in [0.15, 0.2) is 0 Å². The number of hydrogen-bond acceptors (Lipinski definition) is 2. The van der Waals surface area contributed by atoms with Crippen LogP contribution in [0.5, 0.6) is 5.75 Å². The molecule has 0 radical (unpaired) electrons. The second-order valence-electron chi connectivity index (χ2n) is 3.71. The lowest BCUT2D eigenvalue weighted by atomic mass is 9.90. The van der Waals surface area contributed by atoms with Crippen molar-refractivity contribution in [2.24, 2.45) is 4.99 Å². The summed E-state index contributed by atoms with van der Waals surface area (Å²) in [5.41, 5.74) is 2.53. The number of methoxy groups -OCH3 is 1. The molecule has 0 fully saturated rings. The minimum Gasteiger partial charge on any atom is -0.497 e. The quantitative estimate of drug-likeness (QED) is 0.689. The number of hydrogen-bond donors (Lipinski definition) is 0. The van der Waals surface area contributed by atoms with Crippen LogP contribution in [0.15, 0.2) is 35.8 Å². The average Bonchev–Trinajstić information content (AvgIpc) is 2.29. The first kappa shape index (κ1) is 9.97. The predicted octanol–water partition coefficient (Wildman–Crippen LogP) is 2.79. The van der Waals surface area contributed by atoms with Gasteiger partial charge in [0.25, 0.3) is 0 Å². The van der Waals surface area contributed by atoms with Crippen LogP contribution in [0.25, 0.3) is 0 Å². The largest absolute Gasteiger partial charge is 0.497 e. The van der Waals surface area contributed by atoms with Gasteiger partial charge in [0.2, 0.25) is 0 Å². The molecule has 0 aliphatic carbocycles. The standard InChI is InChI=1S/C13H15NO/c1-3-4-10-8-14-9-11-7-12(15-2)5-6-13(10)11/h3,5-7,9-10H,1,4,8H2,2H3. The molecule has 1 heterocycles. The predicted molar refractivity (Wildman–Crippen MR) is 63.0 cm³/mol. The lowest BCUT2D eigenvalue weighted by Crippen LogP contribution is -2.10. The molecule has 0 aromatic heterocycles.